The Hall–Kier alpha value is -1.36. The number of hydrogen-bond donors (Lipinski definition) is 1. The lowest BCUT2D eigenvalue weighted by molar-refractivity contribution is 0.330. The van der Waals surface area contributed by atoms with Gasteiger partial charge in [-0.2, -0.15) is 0 Å². The third-order valence-corrected chi connectivity index (χ3v) is 2.96. The molecule has 0 unspecified atom stereocenters. The molecule has 0 aliphatic heterocycles. The molecule has 2 heterocycles. The summed E-state index contributed by atoms with van der Waals surface area (Å²) >= 11 is 1.62. The fraction of sp³-hybridized carbons (Fsp3) is 0.455. The van der Waals surface area contributed by atoms with Crippen molar-refractivity contribution >= 4 is 17.2 Å². The summed E-state index contributed by atoms with van der Waals surface area (Å²) in [6, 6.07) is 1.95. The zero-order chi connectivity index (χ0) is 11.6. The molecule has 0 aliphatic carbocycles. The first-order chi connectivity index (χ1) is 7.55. The van der Waals surface area contributed by atoms with E-state index in [1.54, 1.807) is 11.3 Å². The highest BCUT2D eigenvalue weighted by Gasteiger charge is 2.19. The molecule has 0 aromatic carbocycles. The summed E-state index contributed by atoms with van der Waals surface area (Å²) in [4.78, 5) is 5.19. The van der Waals surface area contributed by atoms with E-state index in [0.29, 0.717) is 0 Å². The van der Waals surface area contributed by atoms with Crippen molar-refractivity contribution in [1.82, 2.24) is 10.1 Å². The lowest BCUT2D eigenvalue weighted by atomic mass is 9.93. The van der Waals surface area contributed by atoms with Crippen LogP contribution in [0.5, 0.6) is 0 Å². The maximum Gasteiger partial charge on any atom is 0.169 e. The Balaban J connectivity index is 1.98. The third kappa shape index (κ3) is 2.61. The molecular weight excluding hydrogens is 222 g/mol. The Morgan fingerprint density at radius 2 is 2.25 bits per heavy atom. The second-order valence-corrected chi connectivity index (χ2v) is 5.62. The number of aromatic nitrogens is 2. The monoisotopic (exact) mass is 237 g/mol. The highest BCUT2D eigenvalue weighted by atomic mass is 32.1. The molecule has 0 radical (unpaired) electrons. The molecule has 0 bridgehead atoms. The average Bonchev–Trinajstić information content (AvgIpc) is 2.85. The van der Waals surface area contributed by atoms with Gasteiger partial charge in [-0.25, -0.2) is 0 Å². The van der Waals surface area contributed by atoms with E-state index in [4.69, 9.17) is 4.52 Å². The molecular formula is C11H15N3OS. The van der Waals surface area contributed by atoms with Gasteiger partial charge in [0.2, 0.25) is 0 Å². The van der Waals surface area contributed by atoms with Crippen molar-refractivity contribution in [3.63, 3.8) is 0 Å². The molecule has 2 aromatic rings. The first-order valence-electron chi connectivity index (χ1n) is 5.14. The number of hydrogen-bond acceptors (Lipinski definition) is 5. The van der Waals surface area contributed by atoms with E-state index in [1.165, 1.54) is 4.88 Å². The fourth-order valence-corrected chi connectivity index (χ4v) is 1.75. The van der Waals surface area contributed by atoms with Crippen LogP contribution in [0.1, 0.15) is 31.4 Å². The Bertz CT molecular complexity index is 442. The molecule has 16 heavy (non-hydrogen) atoms. The number of nitrogens with one attached hydrogen (secondary N) is 1. The van der Waals surface area contributed by atoms with Gasteiger partial charge >= 0.3 is 0 Å². The maximum absolute atomic E-state index is 5.27. The van der Waals surface area contributed by atoms with Gasteiger partial charge in [0.25, 0.3) is 0 Å². The van der Waals surface area contributed by atoms with Gasteiger partial charge in [-0.1, -0.05) is 25.9 Å². The SMILES string of the molecule is CC(C)(C)c1cc(NCc2cncs2)no1. The largest absolute Gasteiger partial charge is 0.362 e. The van der Waals surface area contributed by atoms with Crippen LogP contribution in [0.15, 0.2) is 22.3 Å². The molecule has 0 fully saturated rings. The van der Waals surface area contributed by atoms with Crippen LogP contribution in [0.2, 0.25) is 0 Å². The van der Waals surface area contributed by atoms with Gasteiger partial charge in [-0.3, -0.25) is 4.98 Å². The second kappa shape index (κ2) is 4.25. The first kappa shape index (κ1) is 11.1. The molecule has 2 rings (SSSR count). The Morgan fingerprint density at radius 1 is 1.44 bits per heavy atom. The van der Waals surface area contributed by atoms with Crippen LogP contribution >= 0.6 is 11.3 Å². The van der Waals surface area contributed by atoms with Crippen molar-refractivity contribution in [2.45, 2.75) is 32.7 Å². The standard InChI is InChI=1S/C11H15N3OS/c1-11(2,3)9-4-10(14-15-9)13-6-8-5-12-7-16-8/h4-5,7H,6H2,1-3H3,(H,13,14). The summed E-state index contributed by atoms with van der Waals surface area (Å²) < 4.78 is 5.27. The van der Waals surface area contributed by atoms with Gasteiger partial charge in [0, 0.05) is 22.6 Å². The van der Waals surface area contributed by atoms with Gasteiger partial charge in [0.05, 0.1) is 12.1 Å². The van der Waals surface area contributed by atoms with E-state index in [2.05, 4.69) is 36.2 Å². The quantitative estimate of drug-likeness (QED) is 0.891. The molecule has 86 valence electrons. The first-order valence-corrected chi connectivity index (χ1v) is 6.02. The maximum atomic E-state index is 5.27. The zero-order valence-electron chi connectivity index (χ0n) is 9.65. The van der Waals surface area contributed by atoms with E-state index in [0.717, 1.165) is 18.1 Å². The minimum atomic E-state index is -0.00256. The van der Waals surface area contributed by atoms with Crippen molar-refractivity contribution in [1.29, 1.82) is 0 Å². The van der Waals surface area contributed by atoms with E-state index < -0.39 is 0 Å². The minimum Gasteiger partial charge on any atom is -0.362 e. The summed E-state index contributed by atoms with van der Waals surface area (Å²) in [6.45, 7) is 7.03. The van der Waals surface area contributed by atoms with E-state index in [9.17, 15) is 0 Å². The van der Waals surface area contributed by atoms with E-state index >= 15 is 0 Å². The van der Waals surface area contributed by atoms with Crippen LogP contribution < -0.4 is 5.32 Å². The zero-order valence-corrected chi connectivity index (χ0v) is 10.5. The van der Waals surface area contributed by atoms with Crippen molar-refractivity contribution in [3.8, 4) is 0 Å². The van der Waals surface area contributed by atoms with Crippen molar-refractivity contribution < 1.29 is 4.52 Å². The smallest absolute Gasteiger partial charge is 0.169 e. The van der Waals surface area contributed by atoms with Gasteiger partial charge in [0.15, 0.2) is 5.82 Å². The number of anilines is 1. The van der Waals surface area contributed by atoms with Crippen LogP contribution in [-0.4, -0.2) is 10.1 Å². The normalized spacial score (nSPS) is 11.7. The number of nitrogens with zero attached hydrogens (tertiary/aromatic N) is 2. The number of thiazole rings is 1. The van der Waals surface area contributed by atoms with Crippen molar-refractivity contribution in [2.24, 2.45) is 0 Å². The lowest BCUT2D eigenvalue weighted by Gasteiger charge is -2.12. The Morgan fingerprint density at radius 3 is 2.81 bits per heavy atom. The molecule has 0 atom stereocenters. The summed E-state index contributed by atoms with van der Waals surface area (Å²) in [5.74, 6) is 1.66. The van der Waals surface area contributed by atoms with Crippen LogP contribution in [0.3, 0.4) is 0 Å². The Labute approximate surface area is 98.7 Å². The summed E-state index contributed by atoms with van der Waals surface area (Å²) in [5.41, 5.74) is 1.82. The van der Waals surface area contributed by atoms with Crippen LogP contribution in [0.4, 0.5) is 5.82 Å². The van der Waals surface area contributed by atoms with Gasteiger partial charge < -0.3 is 9.84 Å². The van der Waals surface area contributed by atoms with Crippen molar-refractivity contribution in [3.05, 3.63) is 28.4 Å². The minimum absolute atomic E-state index is 0.00256. The summed E-state index contributed by atoms with van der Waals surface area (Å²) in [5, 5.41) is 7.19. The lowest BCUT2D eigenvalue weighted by Crippen LogP contribution is -2.09. The molecule has 0 spiro atoms. The number of rotatable bonds is 3. The molecule has 0 saturated carbocycles. The van der Waals surface area contributed by atoms with Crippen molar-refractivity contribution in [2.75, 3.05) is 5.32 Å². The molecule has 1 N–H and O–H groups in total. The van der Waals surface area contributed by atoms with E-state index in [1.807, 2.05) is 17.8 Å². The van der Waals surface area contributed by atoms with E-state index in [-0.39, 0.29) is 5.41 Å². The molecule has 0 saturated heterocycles. The predicted octanol–water partition coefficient (Wildman–Crippen LogP) is 3.04. The third-order valence-electron chi connectivity index (χ3n) is 2.18. The topological polar surface area (TPSA) is 51.0 Å². The average molecular weight is 237 g/mol. The molecule has 2 aromatic heterocycles. The molecule has 4 nitrogen and oxygen atoms in total. The van der Waals surface area contributed by atoms with Gasteiger partial charge in [-0.05, 0) is 0 Å². The fourth-order valence-electron chi connectivity index (χ4n) is 1.22. The van der Waals surface area contributed by atoms with Gasteiger partial charge in [-0.15, -0.1) is 11.3 Å². The predicted molar refractivity (Wildman–Crippen MR) is 64.6 cm³/mol. The van der Waals surface area contributed by atoms with Crippen LogP contribution in [0.25, 0.3) is 0 Å². The second-order valence-electron chi connectivity index (χ2n) is 4.65. The molecule has 0 aliphatic rings. The van der Waals surface area contributed by atoms with Gasteiger partial charge in [0.1, 0.15) is 5.76 Å². The summed E-state index contributed by atoms with van der Waals surface area (Å²) in [6.07, 6.45) is 1.85. The highest BCUT2D eigenvalue weighted by molar-refractivity contribution is 7.09. The van der Waals surface area contributed by atoms with Crippen LogP contribution in [-0.2, 0) is 12.0 Å². The highest BCUT2D eigenvalue weighted by Crippen LogP contribution is 2.24. The molecule has 5 heteroatoms. The molecule has 0 amide bonds. The Kier molecular flexibility index (Phi) is 2.96. The van der Waals surface area contributed by atoms with Crippen LogP contribution in [0, 0.1) is 0 Å². The summed E-state index contributed by atoms with van der Waals surface area (Å²) in [7, 11) is 0.